The van der Waals surface area contributed by atoms with Crippen molar-refractivity contribution in [2.24, 2.45) is 5.73 Å². The second kappa shape index (κ2) is 10.1. The van der Waals surface area contributed by atoms with Gasteiger partial charge in [0.05, 0.1) is 19.6 Å². The summed E-state index contributed by atoms with van der Waals surface area (Å²) in [4.78, 5) is 12.7. The minimum Gasteiger partial charge on any atom is -0.508 e. The number of esters is 1. The number of aromatic hydroxyl groups is 1. The van der Waals surface area contributed by atoms with Crippen LogP contribution in [0.4, 0.5) is 0 Å². The lowest BCUT2D eigenvalue weighted by Gasteiger charge is -2.28. The smallest absolute Gasteiger partial charge is 0.340 e. The largest absolute Gasteiger partial charge is 0.508 e. The maximum atomic E-state index is 12.7. The Labute approximate surface area is 214 Å². The van der Waals surface area contributed by atoms with E-state index in [0.717, 1.165) is 16.5 Å². The van der Waals surface area contributed by atoms with Gasteiger partial charge in [-0.05, 0) is 53.1 Å². The Balaban J connectivity index is 1.50. The van der Waals surface area contributed by atoms with E-state index in [2.05, 4.69) is 24.3 Å². The average molecular weight is 498 g/mol. The molecular formula is C30H27NO6. The third-order valence-electron chi connectivity index (χ3n) is 6.30. The molecule has 37 heavy (non-hydrogen) atoms. The highest BCUT2D eigenvalue weighted by atomic mass is 16.5. The van der Waals surface area contributed by atoms with Crippen LogP contribution in [-0.4, -0.2) is 24.8 Å². The summed E-state index contributed by atoms with van der Waals surface area (Å²) in [5.74, 6) is 0.235. The van der Waals surface area contributed by atoms with Crippen molar-refractivity contribution >= 4 is 16.7 Å². The zero-order valence-corrected chi connectivity index (χ0v) is 20.6. The highest BCUT2D eigenvalue weighted by Crippen LogP contribution is 2.45. The van der Waals surface area contributed by atoms with E-state index in [-0.39, 0.29) is 17.2 Å². The van der Waals surface area contributed by atoms with Crippen molar-refractivity contribution in [2.75, 3.05) is 13.7 Å². The second-order valence-corrected chi connectivity index (χ2v) is 8.64. The van der Waals surface area contributed by atoms with Crippen LogP contribution >= 0.6 is 0 Å². The van der Waals surface area contributed by atoms with Gasteiger partial charge < -0.3 is 29.8 Å². The Morgan fingerprint density at radius 3 is 2.54 bits per heavy atom. The standard InChI is InChI=1S/C30H27NO6/c1-3-35-26-15-21(10-13-24(26)36-17-18-8-9-19-6-4-5-7-20(19)14-18)27-23-12-11-22(32)16-25(23)37-29(31)28(27)30(33)34-2/h4-16,27,32H,3,17,31H2,1-2H3/t27-/m1/s1. The van der Waals surface area contributed by atoms with Crippen molar-refractivity contribution in [1.29, 1.82) is 0 Å². The lowest BCUT2D eigenvalue weighted by atomic mass is 9.83. The fourth-order valence-corrected chi connectivity index (χ4v) is 4.58. The maximum Gasteiger partial charge on any atom is 0.340 e. The summed E-state index contributed by atoms with van der Waals surface area (Å²) in [6.07, 6.45) is 0. The van der Waals surface area contributed by atoms with E-state index in [1.165, 1.54) is 24.6 Å². The molecule has 7 heteroatoms. The lowest BCUT2D eigenvalue weighted by Crippen LogP contribution is -2.27. The zero-order chi connectivity index (χ0) is 25.9. The van der Waals surface area contributed by atoms with Crippen LogP contribution in [0.5, 0.6) is 23.0 Å². The van der Waals surface area contributed by atoms with Crippen LogP contribution in [0, 0.1) is 0 Å². The molecule has 0 saturated heterocycles. The third-order valence-corrected chi connectivity index (χ3v) is 6.30. The molecule has 1 heterocycles. The molecule has 4 aromatic rings. The first kappa shape index (κ1) is 24.1. The zero-order valence-electron chi connectivity index (χ0n) is 20.6. The summed E-state index contributed by atoms with van der Waals surface area (Å²) in [5, 5.41) is 12.3. The van der Waals surface area contributed by atoms with E-state index in [9.17, 15) is 9.90 Å². The summed E-state index contributed by atoms with van der Waals surface area (Å²) in [6, 6.07) is 24.6. The number of methoxy groups -OCH3 is 1. The van der Waals surface area contributed by atoms with Gasteiger partial charge in [-0.25, -0.2) is 4.79 Å². The number of phenols is 1. The van der Waals surface area contributed by atoms with E-state index < -0.39 is 11.9 Å². The number of nitrogens with two attached hydrogens (primary N) is 1. The quantitative estimate of drug-likeness (QED) is 0.330. The molecule has 0 bridgehead atoms. The SMILES string of the molecule is CCOc1cc([C@H]2C(C(=O)OC)=C(N)Oc3cc(O)ccc32)ccc1OCc1ccc2ccccc2c1. The first-order valence-corrected chi connectivity index (χ1v) is 11.9. The summed E-state index contributed by atoms with van der Waals surface area (Å²) in [5.41, 5.74) is 8.76. The fourth-order valence-electron chi connectivity index (χ4n) is 4.58. The molecule has 0 fully saturated rings. The van der Waals surface area contributed by atoms with Crippen LogP contribution in [0.3, 0.4) is 0 Å². The van der Waals surface area contributed by atoms with Crippen LogP contribution in [0.1, 0.15) is 29.5 Å². The molecule has 1 aliphatic rings. The number of fused-ring (bicyclic) bond motifs is 2. The van der Waals surface area contributed by atoms with Crippen molar-refractivity contribution in [3.63, 3.8) is 0 Å². The molecule has 0 saturated carbocycles. The van der Waals surface area contributed by atoms with Gasteiger partial charge >= 0.3 is 5.97 Å². The molecule has 0 spiro atoms. The highest BCUT2D eigenvalue weighted by Gasteiger charge is 2.36. The predicted molar refractivity (Wildman–Crippen MR) is 140 cm³/mol. The summed E-state index contributed by atoms with van der Waals surface area (Å²) >= 11 is 0. The normalized spacial score (nSPS) is 14.6. The third kappa shape index (κ3) is 4.76. The van der Waals surface area contributed by atoms with Crippen molar-refractivity contribution in [2.45, 2.75) is 19.4 Å². The van der Waals surface area contributed by atoms with Gasteiger partial charge in [-0.2, -0.15) is 0 Å². The van der Waals surface area contributed by atoms with Gasteiger partial charge in [-0.3, -0.25) is 0 Å². The fraction of sp³-hybridized carbons (Fsp3) is 0.167. The maximum absolute atomic E-state index is 12.7. The van der Waals surface area contributed by atoms with Crippen molar-refractivity contribution in [3.8, 4) is 23.0 Å². The van der Waals surface area contributed by atoms with Crippen LogP contribution in [0.15, 0.2) is 90.3 Å². The topological polar surface area (TPSA) is 100 Å². The molecule has 0 radical (unpaired) electrons. The predicted octanol–water partition coefficient (Wildman–Crippen LogP) is 5.39. The number of hydrogen-bond acceptors (Lipinski definition) is 7. The van der Waals surface area contributed by atoms with Crippen molar-refractivity contribution in [1.82, 2.24) is 0 Å². The molecule has 0 amide bonds. The Kier molecular flexibility index (Phi) is 6.60. The Morgan fingerprint density at radius 1 is 0.946 bits per heavy atom. The van der Waals surface area contributed by atoms with E-state index in [1.807, 2.05) is 43.3 Å². The van der Waals surface area contributed by atoms with Crippen LogP contribution < -0.4 is 19.9 Å². The summed E-state index contributed by atoms with van der Waals surface area (Å²) < 4.78 is 22.7. The molecule has 1 aliphatic heterocycles. The summed E-state index contributed by atoms with van der Waals surface area (Å²) in [7, 11) is 1.29. The molecule has 3 N–H and O–H groups in total. The number of carbonyl (C=O) groups excluding carboxylic acids is 1. The van der Waals surface area contributed by atoms with Crippen LogP contribution in [-0.2, 0) is 16.1 Å². The average Bonchev–Trinajstić information content (AvgIpc) is 2.91. The number of ether oxygens (including phenoxy) is 4. The molecule has 4 aromatic carbocycles. The van der Waals surface area contributed by atoms with Gasteiger partial charge in [0.25, 0.3) is 0 Å². The molecule has 5 rings (SSSR count). The van der Waals surface area contributed by atoms with Crippen LogP contribution in [0.25, 0.3) is 10.8 Å². The van der Waals surface area contributed by atoms with E-state index >= 15 is 0 Å². The van der Waals surface area contributed by atoms with Gasteiger partial charge in [-0.15, -0.1) is 0 Å². The molecule has 1 atom stereocenters. The minimum atomic E-state index is -0.601. The molecule has 7 nitrogen and oxygen atoms in total. The molecular weight excluding hydrogens is 470 g/mol. The van der Waals surface area contributed by atoms with Crippen molar-refractivity contribution < 1.29 is 28.8 Å². The number of rotatable bonds is 7. The second-order valence-electron chi connectivity index (χ2n) is 8.64. The molecule has 0 unspecified atom stereocenters. The van der Waals surface area contributed by atoms with Crippen LogP contribution in [0.2, 0.25) is 0 Å². The minimum absolute atomic E-state index is 0.0271. The Hall–Kier alpha value is -4.65. The van der Waals surface area contributed by atoms with Gasteiger partial charge in [0.2, 0.25) is 5.88 Å². The number of hydrogen-bond donors (Lipinski definition) is 2. The summed E-state index contributed by atoms with van der Waals surface area (Å²) in [6.45, 7) is 2.68. The Bertz CT molecular complexity index is 1510. The monoisotopic (exact) mass is 497 g/mol. The number of phenolic OH excluding ortho intramolecular Hbond substituents is 1. The van der Waals surface area contributed by atoms with Crippen molar-refractivity contribution in [3.05, 3.63) is 107 Å². The lowest BCUT2D eigenvalue weighted by molar-refractivity contribution is -0.136. The van der Waals surface area contributed by atoms with Gasteiger partial charge in [0, 0.05) is 11.6 Å². The Morgan fingerprint density at radius 2 is 1.76 bits per heavy atom. The van der Waals surface area contributed by atoms with E-state index in [4.69, 9.17) is 24.7 Å². The number of carbonyl (C=O) groups is 1. The first-order chi connectivity index (χ1) is 18.0. The first-order valence-electron chi connectivity index (χ1n) is 11.9. The molecule has 0 aliphatic carbocycles. The molecule has 188 valence electrons. The van der Waals surface area contributed by atoms with Gasteiger partial charge in [0.1, 0.15) is 23.7 Å². The van der Waals surface area contributed by atoms with E-state index in [0.29, 0.717) is 36.0 Å². The van der Waals surface area contributed by atoms with Gasteiger partial charge in [0.15, 0.2) is 11.5 Å². The highest BCUT2D eigenvalue weighted by molar-refractivity contribution is 5.92. The van der Waals surface area contributed by atoms with E-state index in [1.54, 1.807) is 6.07 Å². The molecule has 0 aromatic heterocycles. The number of benzene rings is 4. The van der Waals surface area contributed by atoms with Gasteiger partial charge in [-0.1, -0.05) is 48.5 Å².